The van der Waals surface area contributed by atoms with Gasteiger partial charge in [0.1, 0.15) is 0 Å². The second-order valence-corrected chi connectivity index (χ2v) is 3.13. The number of hydrogen-bond donors (Lipinski definition) is 0. The minimum Gasteiger partial charge on any atom is -0.298 e. The molecule has 1 rings (SSSR count). The highest BCUT2D eigenvalue weighted by atomic mass is 15.1. The number of nitriles is 1. The summed E-state index contributed by atoms with van der Waals surface area (Å²) in [7, 11) is 0. The normalized spacial score (nSPS) is 10.1. The maximum Gasteiger partial charge on any atom is 0.0635 e. The zero-order chi connectivity index (χ0) is 10.2. The van der Waals surface area contributed by atoms with Crippen LogP contribution in [0.3, 0.4) is 0 Å². The van der Waals surface area contributed by atoms with Gasteiger partial charge in [-0.25, -0.2) is 0 Å². The molecule has 0 radical (unpaired) electrons. The summed E-state index contributed by atoms with van der Waals surface area (Å²) < 4.78 is 0. The van der Waals surface area contributed by atoms with E-state index >= 15 is 0 Å². The summed E-state index contributed by atoms with van der Waals surface area (Å²) in [6.45, 7) is 4.83. The van der Waals surface area contributed by atoms with E-state index in [4.69, 9.17) is 5.26 Å². The Morgan fingerprint density at radius 1 is 1.43 bits per heavy atom. The number of rotatable bonds is 5. The van der Waals surface area contributed by atoms with Crippen molar-refractivity contribution >= 4 is 0 Å². The number of hydrogen-bond acceptors (Lipinski definition) is 3. The molecule has 14 heavy (non-hydrogen) atoms. The SMILES string of the molecule is CCN(CCC#N)Cc1ccncc1. The summed E-state index contributed by atoms with van der Waals surface area (Å²) in [6, 6.07) is 6.18. The van der Waals surface area contributed by atoms with E-state index in [0.29, 0.717) is 6.42 Å². The highest BCUT2D eigenvalue weighted by molar-refractivity contribution is 5.09. The maximum atomic E-state index is 8.49. The quantitative estimate of drug-likeness (QED) is 0.709. The minimum absolute atomic E-state index is 0.596. The number of pyridine rings is 1. The van der Waals surface area contributed by atoms with Crippen molar-refractivity contribution in [1.29, 1.82) is 5.26 Å². The molecule has 0 unspecified atom stereocenters. The van der Waals surface area contributed by atoms with Crippen LogP contribution in [0.4, 0.5) is 0 Å². The van der Waals surface area contributed by atoms with Crippen LogP contribution in [0.5, 0.6) is 0 Å². The Kier molecular flexibility index (Phi) is 4.66. The van der Waals surface area contributed by atoms with Crippen LogP contribution in [0.15, 0.2) is 24.5 Å². The van der Waals surface area contributed by atoms with Crippen molar-refractivity contribution in [2.24, 2.45) is 0 Å². The molecule has 0 aliphatic heterocycles. The molecule has 0 spiro atoms. The van der Waals surface area contributed by atoms with Crippen molar-refractivity contribution < 1.29 is 0 Å². The first-order valence-electron chi connectivity index (χ1n) is 4.85. The largest absolute Gasteiger partial charge is 0.298 e. The zero-order valence-electron chi connectivity index (χ0n) is 8.48. The lowest BCUT2D eigenvalue weighted by atomic mass is 10.2. The molecule has 3 heteroatoms. The van der Waals surface area contributed by atoms with Crippen molar-refractivity contribution in [3.63, 3.8) is 0 Å². The second-order valence-electron chi connectivity index (χ2n) is 3.13. The number of nitrogens with zero attached hydrogens (tertiary/aromatic N) is 3. The molecule has 0 amide bonds. The first-order chi connectivity index (χ1) is 6.86. The monoisotopic (exact) mass is 189 g/mol. The Balaban J connectivity index is 2.45. The van der Waals surface area contributed by atoms with E-state index in [-0.39, 0.29) is 0 Å². The average Bonchev–Trinajstić information content (AvgIpc) is 2.25. The smallest absolute Gasteiger partial charge is 0.0635 e. The lowest BCUT2D eigenvalue weighted by Crippen LogP contribution is -2.23. The average molecular weight is 189 g/mol. The molecule has 0 bridgehead atoms. The summed E-state index contributed by atoms with van der Waals surface area (Å²) >= 11 is 0. The molecule has 0 fully saturated rings. The van der Waals surface area contributed by atoms with Crippen LogP contribution < -0.4 is 0 Å². The van der Waals surface area contributed by atoms with Crippen molar-refractivity contribution in [3.8, 4) is 6.07 Å². The summed E-state index contributed by atoms with van der Waals surface area (Å²) in [5, 5.41) is 8.49. The van der Waals surface area contributed by atoms with Gasteiger partial charge in [0.15, 0.2) is 0 Å². The summed E-state index contributed by atoms with van der Waals surface area (Å²) in [5.74, 6) is 0. The molecular formula is C11H15N3. The van der Waals surface area contributed by atoms with Crippen LogP contribution in [-0.2, 0) is 6.54 Å². The standard InChI is InChI=1S/C11H15N3/c1-2-14(9-3-6-12)10-11-4-7-13-8-5-11/h4-5,7-8H,2-3,9-10H2,1H3. The van der Waals surface area contributed by atoms with E-state index in [2.05, 4.69) is 22.9 Å². The fraction of sp³-hybridized carbons (Fsp3) is 0.455. The zero-order valence-corrected chi connectivity index (χ0v) is 8.48. The van der Waals surface area contributed by atoms with E-state index in [0.717, 1.165) is 19.6 Å². The van der Waals surface area contributed by atoms with Crippen molar-refractivity contribution in [2.45, 2.75) is 19.9 Å². The summed E-state index contributed by atoms with van der Waals surface area (Å²) in [5.41, 5.74) is 1.25. The lowest BCUT2D eigenvalue weighted by molar-refractivity contribution is 0.286. The molecule has 1 aromatic rings. The van der Waals surface area contributed by atoms with Crippen LogP contribution in [0, 0.1) is 11.3 Å². The Labute approximate surface area is 85.0 Å². The molecule has 0 aliphatic rings. The molecule has 0 saturated heterocycles. The van der Waals surface area contributed by atoms with Crippen LogP contribution in [0.2, 0.25) is 0 Å². The van der Waals surface area contributed by atoms with Gasteiger partial charge in [-0.3, -0.25) is 9.88 Å². The van der Waals surface area contributed by atoms with E-state index in [1.807, 2.05) is 12.1 Å². The van der Waals surface area contributed by atoms with Crippen LogP contribution in [0.1, 0.15) is 18.9 Å². The van der Waals surface area contributed by atoms with E-state index < -0.39 is 0 Å². The van der Waals surface area contributed by atoms with Crippen LogP contribution in [-0.4, -0.2) is 23.0 Å². The van der Waals surface area contributed by atoms with Gasteiger partial charge in [0.25, 0.3) is 0 Å². The highest BCUT2D eigenvalue weighted by Crippen LogP contribution is 2.02. The van der Waals surface area contributed by atoms with E-state index in [9.17, 15) is 0 Å². The van der Waals surface area contributed by atoms with Gasteiger partial charge in [-0.1, -0.05) is 6.92 Å². The molecule has 1 aromatic heterocycles. The molecule has 0 N–H and O–H groups in total. The highest BCUT2D eigenvalue weighted by Gasteiger charge is 2.02. The molecule has 3 nitrogen and oxygen atoms in total. The van der Waals surface area contributed by atoms with Crippen LogP contribution >= 0.6 is 0 Å². The molecule has 1 heterocycles. The molecule has 0 aromatic carbocycles. The van der Waals surface area contributed by atoms with Gasteiger partial charge in [-0.05, 0) is 24.2 Å². The number of aromatic nitrogens is 1. The molecule has 0 saturated carbocycles. The first-order valence-corrected chi connectivity index (χ1v) is 4.85. The van der Waals surface area contributed by atoms with E-state index in [1.54, 1.807) is 12.4 Å². The first kappa shape index (κ1) is 10.7. The third kappa shape index (κ3) is 3.55. The van der Waals surface area contributed by atoms with Gasteiger partial charge in [0.2, 0.25) is 0 Å². The predicted octanol–water partition coefficient (Wildman–Crippen LogP) is 1.82. The van der Waals surface area contributed by atoms with Gasteiger partial charge in [0, 0.05) is 31.9 Å². The van der Waals surface area contributed by atoms with Crippen molar-refractivity contribution in [2.75, 3.05) is 13.1 Å². The molecule has 0 atom stereocenters. The third-order valence-electron chi connectivity index (χ3n) is 2.14. The Hall–Kier alpha value is -1.40. The molecule has 0 aliphatic carbocycles. The summed E-state index contributed by atoms with van der Waals surface area (Å²) in [4.78, 5) is 6.22. The maximum absolute atomic E-state index is 8.49. The minimum atomic E-state index is 0.596. The lowest BCUT2D eigenvalue weighted by Gasteiger charge is -2.18. The Bertz CT molecular complexity index is 289. The third-order valence-corrected chi connectivity index (χ3v) is 2.14. The Morgan fingerprint density at radius 3 is 2.71 bits per heavy atom. The van der Waals surface area contributed by atoms with Gasteiger partial charge >= 0.3 is 0 Å². The predicted molar refractivity (Wildman–Crippen MR) is 55.4 cm³/mol. The van der Waals surface area contributed by atoms with Crippen molar-refractivity contribution in [1.82, 2.24) is 9.88 Å². The molecular weight excluding hydrogens is 174 g/mol. The topological polar surface area (TPSA) is 39.9 Å². The fourth-order valence-electron chi connectivity index (χ4n) is 1.30. The van der Waals surface area contributed by atoms with Crippen LogP contribution in [0.25, 0.3) is 0 Å². The van der Waals surface area contributed by atoms with Gasteiger partial charge in [-0.2, -0.15) is 5.26 Å². The van der Waals surface area contributed by atoms with Gasteiger partial charge < -0.3 is 0 Å². The molecule has 74 valence electrons. The van der Waals surface area contributed by atoms with Gasteiger partial charge in [0.05, 0.1) is 6.07 Å². The van der Waals surface area contributed by atoms with Crippen molar-refractivity contribution in [3.05, 3.63) is 30.1 Å². The van der Waals surface area contributed by atoms with Gasteiger partial charge in [-0.15, -0.1) is 0 Å². The second kappa shape index (κ2) is 6.11. The van der Waals surface area contributed by atoms with E-state index in [1.165, 1.54) is 5.56 Å². The summed E-state index contributed by atoms with van der Waals surface area (Å²) in [6.07, 6.45) is 4.19. The Morgan fingerprint density at radius 2 is 2.14 bits per heavy atom. The fourth-order valence-corrected chi connectivity index (χ4v) is 1.30.